The van der Waals surface area contributed by atoms with E-state index in [1.54, 1.807) is 13.8 Å². The maximum atomic E-state index is 12.0. The van der Waals surface area contributed by atoms with Crippen molar-refractivity contribution in [2.24, 2.45) is 11.3 Å². The Kier molecular flexibility index (Phi) is 4.76. The fourth-order valence-electron chi connectivity index (χ4n) is 2.17. The molecule has 8 heteroatoms. The van der Waals surface area contributed by atoms with Crippen LogP contribution in [0.25, 0.3) is 0 Å². The van der Waals surface area contributed by atoms with E-state index >= 15 is 0 Å². The second-order valence-electron chi connectivity index (χ2n) is 4.92. The van der Waals surface area contributed by atoms with Crippen molar-refractivity contribution in [3.8, 4) is 0 Å². The van der Waals surface area contributed by atoms with Gasteiger partial charge >= 0.3 is 11.5 Å². The Balaban J connectivity index is 2.65. The highest BCUT2D eigenvalue weighted by Gasteiger charge is 2.48. The first-order valence-electron chi connectivity index (χ1n) is 5.80. The van der Waals surface area contributed by atoms with Crippen LogP contribution in [0.1, 0.15) is 20.3 Å². The van der Waals surface area contributed by atoms with Gasteiger partial charge in [0.25, 0.3) is 0 Å². The second-order valence-corrected chi connectivity index (χ2v) is 5.96. The van der Waals surface area contributed by atoms with E-state index in [0.717, 1.165) is 0 Å². The summed E-state index contributed by atoms with van der Waals surface area (Å²) < 4.78 is 36.0. The molecule has 0 aromatic carbocycles. The van der Waals surface area contributed by atoms with E-state index in [4.69, 9.17) is 0 Å². The van der Waals surface area contributed by atoms with Crippen molar-refractivity contribution in [1.29, 1.82) is 0 Å². The molecule has 0 aromatic heterocycles. The number of carboxylic acid groups (broad SMARTS) is 1. The second kappa shape index (κ2) is 5.60. The molecule has 1 amide bonds. The van der Waals surface area contributed by atoms with Crippen LogP contribution in [-0.4, -0.2) is 46.2 Å². The molecule has 1 aliphatic rings. The number of halogens is 3. The Bertz CT molecular complexity index is 373. The minimum Gasteiger partial charge on any atom is -0.481 e. The van der Waals surface area contributed by atoms with Crippen molar-refractivity contribution in [3.05, 3.63) is 0 Å². The number of thioether (sulfide) groups is 1. The first-order chi connectivity index (χ1) is 8.58. The first kappa shape index (κ1) is 16.1. The van der Waals surface area contributed by atoms with Crippen LogP contribution in [0.2, 0.25) is 0 Å². The van der Waals surface area contributed by atoms with E-state index in [0.29, 0.717) is 0 Å². The zero-order valence-electron chi connectivity index (χ0n) is 10.7. The Morgan fingerprint density at radius 3 is 2.37 bits per heavy atom. The highest BCUT2D eigenvalue weighted by Crippen LogP contribution is 2.39. The zero-order chi connectivity index (χ0) is 14.8. The molecule has 1 heterocycles. The highest BCUT2D eigenvalue weighted by molar-refractivity contribution is 8.00. The van der Waals surface area contributed by atoms with Gasteiger partial charge in [-0.1, -0.05) is 13.8 Å². The van der Waals surface area contributed by atoms with Gasteiger partial charge in [0.1, 0.15) is 0 Å². The molecule has 0 saturated carbocycles. The number of carbonyl (C=O) groups excluding carboxylic acids is 1. The molecule has 1 unspecified atom stereocenters. The van der Waals surface area contributed by atoms with Crippen LogP contribution in [0.3, 0.4) is 0 Å². The van der Waals surface area contributed by atoms with Crippen LogP contribution in [0.5, 0.6) is 0 Å². The molecule has 1 rings (SSSR count). The summed E-state index contributed by atoms with van der Waals surface area (Å²) in [5, 5.41) is 9.27. The summed E-state index contributed by atoms with van der Waals surface area (Å²) in [5.41, 5.74) is -5.49. The van der Waals surface area contributed by atoms with Crippen molar-refractivity contribution >= 4 is 23.6 Å². The lowest BCUT2D eigenvalue weighted by atomic mass is 9.76. The molecule has 1 saturated heterocycles. The minimum atomic E-state index is -4.45. The van der Waals surface area contributed by atoms with Crippen LogP contribution in [-0.2, 0) is 9.59 Å². The standard InChI is InChI=1S/C11H16F3NO3S/c1-7(2)10(9(17)18)3-4-15(6-10)8(16)5-19-11(12,13)14/h7H,3-6H2,1-2H3,(H,17,18). The van der Waals surface area contributed by atoms with Crippen molar-refractivity contribution in [2.75, 3.05) is 18.8 Å². The number of likely N-dealkylation sites (tertiary alicyclic amines) is 1. The predicted molar refractivity (Wildman–Crippen MR) is 64.6 cm³/mol. The van der Waals surface area contributed by atoms with Gasteiger partial charge in [0.2, 0.25) is 5.91 Å². The number of nitrogens with zero attached hydrogens (tertiary/aromatic N) is 1. The van der Waals surface area contributed by atoms with Crippen LogP contribution in [0.4, 0.5) is 13.2 Å². The third-order valence-electron chi connectivity index (χ3n) is 3.54. The fraction of sp³-hybridized carbons (Fsp3) is 0.818. The summed E-state index contributed by atoms with van der Waals surface area (Å²) in [6.45, 7) is 3.66. The Morgan fingerprint density at radius 1 is 1.42 bits per heavy atom. The van der Waals surface area contributed by atoms with Gasteiger partial charge in [0, 0.05) is 13.1 Å². The molecule has 110 valence electrons. The van der Waals surface area contributed by atoms with Gasteiger partial charge in [-0.25, -0.2) is 0 Å². The van der Waals surface area contributed by atoms with Gasteiger partial charge in [-0.05, 0) is 24.1 Å². The van der Waals surface area contributed by atoms with Crippen molar-refractivity contribution in [2.45, 2.75) is 25.8 Å². The van der Waals surface area contributed by atoms with Crippen molar-refractivity contribution in [1.82, 2.24) is 4.90 Å². The van der Waals surface area contributed by atoms with E-state index in [1.165, 1.54) is 4.90 Å². The van der Waals surface area contributed by atoms with E-state index < -0.39 is 40.3 Å². The number of rotatable bonds is 4. The molecular formula is C11H16F3NO3S. The largest absolute Gasteiger partial charge is 0.481 e. The van der Waals surface area contributed by atoms with E-state index in [-0.39, 0.29) is 25.4 Å². The molecule has 1 aliphatic heterocycles. The third-order valence-corrected chi connectivity index (χ3v) is 4.26. The molecule has 1 fully saturated rings. The van der Waals surface area contributed by atoms with Gasteiger partial charge in [-0.3, -0.25) is 9.59 Å². The number of hydrogen-bond acceptors (Lipinski definition) is 3. The van der Waals surface area contributed by atoms with Crippen LogP contribution < -0.4 is 0 Å². The summed E-state index contributed by atoms with van der Waals surface area (Å²) in [6, 6.07) is 0. The number of carbonyl (C=O) groups is 2. The molecule has 0 aromatic rings. The van der Waals surface area contributed by atoms with Crippen LogP contribution in [0.15, 0.2) is 0 Å². The molecule has 0 spiro atoms. The quantitative estimate of drug-likeness (QED) is 0.864. The summed E-state index contributed by atoms with van der Waals surface area (Å²) in [6.07, 6.45) is 0.280. The Labute approximate surface area is 113 Å². The zero-order valence-corrected chi connectivity index (χ0v) is 11.5. The molecule has 0 radical (unpaired) electrons. The average molecular weight is 299 g/mol. The summed E-state index contributed by atoms with van der Waals surface area (Å²) in [4.78, 5) is 24.2. The number of hydrogen-bond donors (Lipinski definition) is 1. The van der Waals surface area contributed by atoms with Crippen molar-refractivity contribution < 1.29 is 27.9 Å². The lowest BCUT2D eigenvalue weighted by Crippen LogP contribution is -2.41. The van der Waals surface area contributed by atoms with E-state index in [9.17, 15) is 27.9 Å². The number of carboxylic acids is 1. The lowest BCUT2D eigenvalue weighted by Gasteiger charge is -2.28. The van der Waals surface area contributed by atoms with Crippen LogP contribution in [0, 0.1) is 11.3 Å². The smallest absolute Gasteiger partial charge is 0.442 e. The number of amides is 1. The summed E-state index contributed by atoms with van der Waals surface area (Å²) in [7, 11) is 0. The monoisotopic (exact) mass is 299 g/mol. The Morgan fingerprint density at radius 2 is 2.00 bits per heavy atom. The number of alkyl halides is 3. The maximum absolute atomic E-state index is 12.0. The molecule has 19 heavy (non-hydrogen) atoms. The topological polar surface area (TPSA) is 57.6 Å². The normalized spacial score (nSPS) is 24.0. The molecule has 1 N–H and O–H groups in total. The summed E-state index contributed by atoms with van der Waals surface area (Å²) in [5.74, 6) is -2.54. The predicted octanol–water partition coefficient (Wildman–Crippen LogP) is 2.20. The SMILES string of the molecule is CC(C)C1(C(=O)O)CCN(C(=O)CSC(F)(F)F)C1. The third kappa shape index (κ3) is 3.77. The summed E-state index contributed by atoms with van der Waals surface area (Å²) >= 11 is -0.393. The maximum Gasteiger partial charge on any atom is 0.442 e. The minimum absolute atomic E-state index is 0.0166. The molecule has 0 aliphatic carbocycles. The first-order valence-corrected chi connectivity index (χ1v) is 6.79. The lowest BCUT2D eigenvalue weighted by molar-refractivity contribution is -0.151. The van der Waals surface area contributed by atoms with Gasteiger partial charge in [-0.15, -0.1) is 0 Å². The van der Waals surface area contributed by atoms with E-state index in [2.05, 4.69) is 0 Å². The van der Waals surface area contributed by atoms with Gasteiger partial charge in [0.05, 0.1) is 11.2 Å². The molecule has 4 nitrogen and oxygen atoms in total. The van der Waals surface area contributed by atoms with Gasteiger partial charge < -0.3 is 10.0 Å². The van der Waals surface area contributed by atoms with Crippen LogP contribution >= 0.6 is 11.8 Å². The molecule has 1 atom stereocenters. The molecular weight excluding hydrogens is 283 g/mol. The van der Waals surface area contributed by atoms with Gasteiger partial charge in [0.15, 0.2) is 0 Å². The van der Waals surface area contributed by atoms with Crippen molar-refractivity contribution in [3.63, 3.8) is 0 Å². The Hall–Kier alpha value is -0.920. The number of aliphatic carboxylic acids is 1. The van der Waals surface area contributed by atoms with Gasteiger partial charge in [-0.2, -0.15) is 13.2 Å². The molecule has 0 bridgehead atoms. The highest BCUT2D eigenvalue weighted by atomic mass is 32.2. The average Bonchev–Trinajstić information content (AvgIpc) is 2.70. The fourth-order valence-corrected chi connectivity index (χ4v) is 2.64. The van der Waals surface area contributed by atoms with E-state index in [1.807, 2.05) is 0 Å².